The van der Waals surface area contributed by atoms with Gasteiger partial charge in [0.25, 0.3) is 0 Å². The van der Waals surface area contributed by atoms with Crippen LogP contribution in [0.2, 0.25) is 5.02 Å². The number of halogens is 1. The van der Waals surface area contributed by atoms with Gasteiger partial charge in [-0.05, 0) is 52.2 Å². The van der Waals surface area contributed by atoms with E-state index in [0.717, 1.165) is 30.5 Å². The van der Waals surface area contributed by atoms with Crippen LogP contribution in [0.4, 0.5) is 0 Å². The largest absolute Gasteiger partial charge is 0.385 e. The summed E-state index contributed by atoms with van der Waals surface area (Å²) in [5.74, 6) is 0.705. The molecule has 5 heteroatoms. The van der Waals surface area contributed by atoms with Gasteiger partial charge in [0, 0.05) is 11.6 Å². The van der Waals surface area contributed by atoms with Crippen LogP contribution in [0.25, 0.3) is 11.0 Å². The third kappa shape index (κ3) is 3.26. The van der Waals surface area contributed by atoms with Crippen molar-refractivity contribution in [3.63, 3.8) is 0 Å². The van der Waals surface area contributed by atoms with E-state index in [4.69, 9.17) is 11.6 Å². The van der Waals surface area contributed by atoms with Crippen LogP contribution in [0.5, 0.6) is 0 Å². The Balaban J connectivity index is 2.35. The number of imidazole rings is 1. The topological polar surface area (TPSA) is 41.3 Å². The van der Waals surface area contributed by atoms with E-state index in [-0.39, 0.29) is 0 Å². The first-order valence-corrected chi connectivity index (χ1v) is 6.85. The number of hydrogen-bond donors (Lipinski definition) is 1. The Morgan fingerprint density at radius 1 is 1.42 bits per heavy atom. The average molecular weight is 282 g/mol. The fraction of sp³-hybridized carbons (Fsp3) is 0.500. The lowest BCUT2D eigenvalue weighted by molar-refractivity contribution is 0.184. The van der Waals surface area contributed by atoms with Crippen molar-refractivity contribution in [2.75, 3.05) is 20.6 Å². The lowest BCUT2D eigenvalue weighted by Gasteiger charge is -2.13. The SMILES string of the molecule is CC(O)c1nc2cc(Cl)ccc2n1CCCN(C)C. The Hall–Kier alpha value is -1.10. The summed E-state index contributed by atoms with van der Waals surface area (Å²) in [7, 11) is 4.11. The van der Waals surface area contributed by atoms with E-state index in [1.54, 1.807) is 6.92 Å². The molecule has 0 aliphatic carbocycles. The van der Waals surface area contributed by atoms with Gasteiger partial charge in [-0.1, -0.05) is 11.6 Å². The summed E-state index contributed by atoms with van der Waals surface area (Å²) in [5.41, 5.74) is 1.87. The summed E-state index contributed by atoms with van der Waals surface area (Å²) in [6, 6.07) is 5.66. The molecule has 0 radical (unpaired) electrons. The number of benzene rings is 1. The summed E-state index contributed by atoms with van der Waals surface area (Å²) in [4.78, 5) is 6.64. The van der Waals surface area contributed by atoms with Gasteiger partial charge in [-0.3, -0.25) is 0 Å². The lowest BCUT2D eigenvalue weighted by atomic mass is 10.3. The maximum atomic E-state index is 9.86. The third-order valence-electron chi connectivity index (χ3n) is 3.10. The second-order valence-corrected chi connectivity index (χ2v) is 5.52. The fourth-order valence-electron chi connectivity index (χ4n) is 2.22. The first-order valence-electron chi connectivity index (χ1n) is 6.47. The standard InChI is InChI=1S/C14H20ClN3O/c1-10(19)14-16-12-9-11(15)5-6-13(12)18(14)8-4-7-17(2)3/h5-6,9-10,19H,4,7-8H2,1-3H3. The summed E-state index contributed by atoms with van der Waals surface area (Å²) in [6.45, 7) is 3.59. The fourth-order valence-corrected chi connectivity index (χ4v) is 2.39. The molecule has 0 amide bonds. The van der Waals surface area contributed by atoms with Crippen LogP contribution in [0.1, 0.15) is 25.3 Å². The maximum absolute atomic E-state index is 9.86. The molecule has 1 aromatic heterocycles. The molecule has 1 heterocycles. The van der Waals surface area contributed by atoms with Crippen LogP contribution in [0, 0.1) is 0 Å². The highest BCUT2D eigenvalue weighted by Gasteiger charge is 2.14. The molecule has 1 N–H and O–H groups in total. The van der Waals surface area contributed by atoms with Crippen LogP contribution < -0.4 is 0 Å². The normalized spacial score (nSPS) is 13.4. The zero-order valence-corrected chi connectivity index (χ0v) is 12.4. The van der Waals surface area contributed by atoms with Gasteiger partial charge in [-0.25, -0.2) is 4.98 Å². The van der Waals surface area contributed by atoms with Gasteiger partial charge in [0.05, 0.1) is 11.0 Å². The highest BCUT2D eigenvalue weighted by atomic mass is 35.5. The number of hydrogen-bond acceptors (Lipinski definition) is 3. The molecule has 0 aliphatic heterocycles. The molecule has 0 saturated carbocycles. The molecule has 0 bridgehead atoms. The van der Waals surface area contributed by atoms with Crippen molar-refractivity contribution in [1.82, 2.24) is 14.5 Å². The number of nitrogens with zero attached hydrogens (tertiary/aromatic N) is 3. The number of aromatic nitrogens is 2. The van der Waals surface area contributed by atoms with E-state index in [0.29, 0.717) is 10.8 Å². The van der Waals surface area contributed by atoms with Crippen molar-refractivity contribution in [3.05, 3.63) is 29.0 Å². The summed E-state index contributed by atoms with van der Waals surface area (Å²) < 4.78 is 2.08. The van der Waals surface area contributed by atoms with Gasteiger partial charge < -0.3 is 14.6 Å². The van der Waals surface area contributed by atoms with E-state index in [1.165, 1.54) is 0 Å². The molecule has 104 valence electrons. The van der Waals surface area contributed by atoms with E-state index in [1.807, 2.05) is 18.2 Å². The molecule has 19 heavy (non-hydrogen) atoms. The van der Waals surface area contributed by atoms with Crippen molar-refractivity contribution in [1.29, 1.82) is 0 Å². The molecular formula is C14H20ClN3O. The van der Waals surface area contributed by atoms with Crippen molar-refractivity contribution >= 4 is 22.6 Å². The molecule has 2 aromatic rings. The van der Waals surface area contributed by atoms with E-state index in [2.05, 4.69) is 28.5 Å². The highest BCUT2D eigenvalue weighted by Crippen LogP contribution is 2.24. The van der Waals surface area contributed by atoms with E-state index in [9.17, 15) is 5.11 Å². The van der Waals surface area contributed by atoms with E-state index >= 15 is 0 Å². The molecule has 0 spiro atoms. The Morgan fingerprint density at radius 2 is 2.16 bits per heavy atom. The van der Waals surface area contributed by atoms with Crippen LogP contribution in [0.3, 0.4) is 0 Å². The number of fused-ring (bicyclic) bond motifs is 1. The predicted octanol–water partition coefficient (Wildman–Crippen LogP) is 2.69. The lowest BCUT2D eigenvalue weighted by Crippen LogP contribution is -2.16. The third-order valence-corrected chi connectivity index (χ3v) is 3.34. The molecule has 2 rings (SSSR count). The van der Waals surface area contributed by atoms with Gasteiger partial charge in [-0.15, -0.1) is 0 Å². The quantitative estimate of drug-likeness (QED) is 0.916. The molecule has 0 saturated heterocycles. The monoisotopic (exact) mass is 281 g/mol. The first-order chi connectivity index (χ1) is 8.99. The Bertz CT molecular complexity index is 563. The molecule has 1 aromatic carbocycles. The molecule has 1 unspecified atom stereocenters. The minimum absolute atomic E-state index is 0.578. The van der Waals surface area contributed by atoms with Gasteiger partial charge in [0.2, 0.25) is 0 Å². The summed E-state index contributed by atoms with van der Waals surface area (Å²) in [6.07, 6.45) is 0.436. The number of rotatable bonds is 5. The van der Waals surface area contributed by atoms with Crippen molar-refractivity contribution in [2.45, 2.75) is 26.0 Å². The van der Waals surface area contributed by atoms with Gasteiger partial charge in [0.1, 0.15) is 11.9 Å². The second kappa shape index (κ2) is 5.90. The zero-order chi connectivity index (χ0) is 14.0. The van der Waals surface area contributed by atoms with Gasteiger partial charge >= 0.3 is 0 Å². The summed E-state index contributed by atoms with van der Waals surface area (Å²) >= 11 is 5.99. The average Bonchev–Trinajstić information content (AvgIpc) is 2.67. The number of aliphatic hydroxyl groups is 1. The Labute approximate surface area is 118 Å². The highest BCUT2D eigenvalue weighted by molar-refractivity contribution is 6.31. The second-order valence-electron chi connectivity index (χ2n) is 5.09. The van der Waals surface area contributed by atoms with Crippen LogP contribution in [0.15, 0.2) is 18.2 Å². The summed E-state index contributed by atoms with van der Waals surface area (Å²) in [5, 5.41) is 10.5. The van der Waals surface area contributed by atoms with Crippen LogP contribution in [-0.4, -0.2) is 40.2 Å². The minimum Gasteiger partial charge on any atom is -0.385 e. The van der Waals surface area contributed by atoms with Gasteiger partial charge in [0.15, 0.2) is 0 Å². The maximum Gasteiger partial charge on any atom is 0.138 e. The molecular weight excluding hydrogens is 262 g/mol. The van der Waals surface area contributed by atoms with Gasteiger partial charge in [-0.2, -0.15) is 0 Å². The molecule has 1 atom stereocenters. The van der Waals surface area contributed by atoms with Crippen molar-refractivity contribution < 1.29 is 5.11 Å². The van der Waals surface area contributed by atoms with Crippen LogP contribution >= 0.6 is 11.6 Å². The van der Waals surface area contributed by atoms with Crippen molar-refractivity contribution in [3.8, 4) is 0 Å². The van der Waals surface area contributed by atoms with Crippen molar-refractivity contribution in [2.24, 2.45) is 0 Å². The van der Waals surface area contributed by atoms with E-state index < -0.39 is 6.10 Å². The molecule has 4 nitrogen and oxygen atoms in total. The predicted molar refractivity (Wildman–Crippen MR) is 78.5 cm³/mol. The Kier molecular flexibility index (Phi) is 4.45. The smallest absolute Gasteiger partial charge is 0.138 e. The number of aliphatic hydroxyl groups excluding tert-OH is 1. The first kappa shape index (κ1) is 14.3. The molecule has 0 aliphatic rings. The van der Waals surface area contributed by atoms with Crippen LogP contribution in [-0.2, 0) is 6.54 Å². The zero-order valence-electron chi connectivity index (χ0n) is 11.6. The Morgan fingerprint density at radius 3 is 2.79 bits per heavy atom. The number of aryl methyl sites for hydroxylation is 1. The molecule has 0 fully saturated rings. The minimum atomic E-state index is -0.578.